The molecular weight excluding hydrogens is 446 g/mol. The van der Waals surface area contributed by atoms with Gasteiger partial charge in [-0.15, -0.1) is 11.3 Å². The summed E-state index contributed by atoms with van der Waals surface area (Å²) in [5.41, 5.74) is 6.26. The Labute approximate surface area is 201 Å². The summed E-state index contributed by atoms with van der Waals surface area (Å²) >= 11 is 1.44. The molecule has 1 amide bonds. The van der Waals surface area contributed by atoms with E-state index in [9.17, 15) is 9.59 Å². The lowest BCUT2D eigenvalue weighted by Crippen LogP contribution is -2.38. The van der Waals surface area contributed by atoms with Crippen molar-refractivity contribution in [2.45, 2.75) is 25.2 Å². The third kappa shape index (κ3) is 4.22. The molecule has 4 heterocycles. The zero-order valence-electron chi connectivity index (χ0n) is 18.8. The molecule has 3 aromatic heterocycles. The van der Waals surface area contributed by atoms with E-state index in [-0.39, 0.29) is 18.1 Å². The molecule has 0 bridgehead atoms. The van der Waals surface area contributed by atoms with E-state index in [0.717, 1.165) is 29.3 Å². The van der Waals surface area contributed by atoms with Crippen LogP contribution in [0.5, 0.6) is 0 Å². The summed E-state index contributed by atoms with van der Waals surface area (Å²) in [5.74, 6) is 0.249. The second-order valence-electron chi connectivity index (χ2n) is 8.63. The highest BCUT2D eigenvalue weighted by Gasteiger charge is 2.27. The number of piperidine rings is 1. The summed E-state index contributed by atoms with van der Waals surface area (Å²) in [4.78, 5) is 35.6. The maximum Gasteiger partial charge on any atom is 0.273 e. The molecule has 1 aliphatic heterocycles. The van der Waals surface area contributed by atoms with Gasteiger partial charge >= 0.3 is 0 Å². The Kier molecular flexibility index (Phi) is 5.95. The van der Waals surface area contributed by atoms with Crippen LogP contribution in [0.15, 0.2) is 53.6 Å². The molecule has 1 aliphatic rings. The summed E-state index contributed by atoms with van der Waals surface area (Å²) in [5, 5.41) is 12.0. The van der Waals surface area contributed by atoms with Crippen LogP contribution in [0.25, 0.3) is 10.9 Å². The number of carbonyl (C=O) groups is 2. The quantitative estimate of drug-likeness (QED) is 0.405. The molecule has 1 saturated heterocycles. The molecule has 170 valence electrons. The summed E-state index contributed by atoms with van der Waals surface area (Å²) in [6.07, 6.45) is 5.69. The van der Waals surface area contributed by atoms with Crippen LogP contribution in [0.4, 0.5) is 0 Å². The van der Waals surface area contributed by atoms with Gasteiger partial charge in [0.1, 0.15) is 11.4 Å². The number of amides is 1. The second kappa shape index (κ2) is 9.20. The number of pyridine rings is 1. The smallest absolute Gasteiger partial charge is 0.273 e. The van der Waals surface area contributed by atoms with Gasteiger partial charge in [0.2, 0.25) is 0 Å². The van der Waals surface area contributed by atoms with Crippen molar-refractivity contribution in [3.8, 4) is 6.07 Å². The van der Waals surface area contributed by atoms with Gasteiger partial charge in [0.05, 0.1) is 17.1 Å². The minimum atomic E-state index is -0.109. The second-order valence-corrected chi connectivity index (χ2v) is 9.35. The zero-order chi connectivity index (χ0) is 23.7. The van der Waals surface area contributed by atoms with Crippen LogP contribution in [0.3, 0.4) is 0 Å². The average Bonchev–Trinajstić information content (AvgIpc) is 3.52. The Hall–Kier alpha value is -3.83. The Bertz CT molecular complexity index is 1410. The maximum atomic E-state index is 12.8. The fourth-order valence-electron chi connectivity index (χ4n) is 4.71. The lowest BCUT2D eigenvalue weighted by Gasteiger charge is -2.31. The van der Waals surface area contributed by atoms with Crippen molar-refractivity contribution < 1.29 is 9.59 Å². The van der Waals surface area contributed by atoms with Crippen molar-refractivity contribution in [1.29, 1.82) is 5.26 Å². The summed E-state index contributed by atoms with van der Waals surface area (Å²) in [7, 11) is 2.04. The van der Waals surface area contributed by atoms with E-state index in [1.807, 2.05) is 18.0 Å². The number of aromatic nitrogens is 3. The SMILES string of the molecule is Cn1cc(C2CCN(C(=O)c3cscn3)CC2)c2cc(CC(=O)c3cc(C#N)ccn3)ccc21. The van der Waals surface area contributed by atoms with Crippen LogP contribution in [-0.2, 0) is 13.5 Å². The Balaban J connectivity index is 1.35. The number of rotatable bonds is 5. The van der Waals surface area contributed by atoms with E-state index in [2.05, 4.69) is 38.9 Å². The zero-order valence-corrected chi connectivity index (χ0v) is 19.6. The fraction of sp³-hybridized carbons (Fsp3) is 0.269. The lowest BCUT2D eigenvalue weighted by atomic mass is 9.88. The molecule has 7 nitrogen and oxygen atoms in total. The van der Waals surface area contributed by atoms with E-state index in [0.29, 0.717) is 36.0 Å². The van der Waals surface area contributed by atoms with Gasteiger partial charge in [0.15, 0.2) is 5.78 Å². The predicted octanol–water partition coefficient (Wildman–Crippen LogP) is 4.35. The normalized spacial score (nSPS) is 14.3. The lowest BCUT2D eigenvalue weighted by molar-refractivity contribution is 0.0708. The molecule has 1 aromatic carbocycles. The van der Waals surface area contributed by atoms with Crippen LogP contribution in [-0.4, -0.2) is 44.2 Å². The summed E-state index contributed by atoms with van der Waals surface area (Å²) < 4.78 is 2.13. The Morgan fingerprint density at radius 3 is 2.71 bits per heavy atom. The first-order chi connectivity index (χ1) is 16.5. The molecule has 0 N–H and O–H groups in total. The summed E-state index contributed by atoms with van der Waals surface area (Å²) in [6, 6.07) is 11.3. The number of hydrogen-bond acceptors (Lipinski definition) is 6. The molecule has 0 atom stereocenters. The third-order valence-corrected chi connectivity index (χ3v) is 7.08. The number of benzene rings is 1. The fourth-order valence-corrected chi connectivity index (χ4v) is 5.23. The maximum absolute atomic E-state index is 12.8. The molecule has 4 aromatic rings. The predicted molar refractivity (Wildman–Crippen MR) is 130 cm³/mol. The van der Waals surface area contributed by atoms with Gasteiger partial charge in [-0.2, -0.15) is 5.26 Å². The molecule has 0 saturated carbocycles. The van der Waals surface area contributed by atoms with Crippen LogP contribution in [0.1, 0.15) is 56.4 Å². The highest BCUT2D eigenvalue weighted by molar-refractivity contribution is 7.07. The molecule has 0 spiro atoms. The third-order valence-electron chi connectivity index (χ3n) is 6.50. The largest absolute Gasteiger partial charge is 0.350 e. The summed E-state index contributed by atoms with van der Waals surface area (Å²) in [6.45, 7) is 1.41. The minimum Gasteiger partial charge on any atom is -0.350 e. The number of fused-ring (bicyclic) bond motifs is 1. The topological polar surface area (TPSA) is 91.9 Å². The van der Waals surface area contributed by atoms with Gasteiger partial charge < -0.3 is 9.47 Å². The van der Waals surface area contributed by atoms with Gasteiger partial charge in [-0.05, 0) is 54.2 Å². The van der Waals surface area contributed by atoms with E-state index in [1.54, 1.807) is 17.0 Å². The van der Waals surface area contributed by atoms with Gasteiger partial charge in [-0.25, -0.2) is 4.98 Å². The van der Waals surface area contributed by atoms with Crippen molar-refractivity contribution in [3.63, 3.8) is 0 Å². The van der Waals surface area contributed by atoms with Crippen LogP contribution < -0.4 is 0 Å². The van der Waals surface area contributed by atoms with E-state index >= 15 is 0 Å². The number of hydrogen-bond donors (Lipinski definition) is 0. The highest BCUT2D eigenvalue weighted by atomic mass is 32.1. The standard InChI is InChI=1S/C26H23N5O2S/c1-30-14-21(19-5-8-31(9-6-19)26(33)23-15-34-16-29-23)20-10-17(2-3-24(20)30)12-25(32)22-11-18(13-27)4-7-28-22/h2-4,7,10-11,14-16,19H,5-6,8-9,12H2,1H3. The van der Waals surface area contributed by atoms with Gasteiger partial charge in [-0.3, -0.25) is 14.6 Å². The number of nitrogens with zero attached hydrogens (tertiary/aromatic N) is 5. The number of carbonyl (C=O) groups excluding carboxylic acids is 2. The van der Waals surface area contributed by atoms with Crippen molar-refractivity contribution in [2.24, 2.45) is 7.05 Å². The van der Waals surface area contributed by atoms with Crippen molar-refractivity contribution in [2.75, 3.05) is 13.1 Å². The first kappa shape index (κ1) is 22.0. The van der Waals surface area contributed by atoms with Gasteiger partial charge in [0.25, 0.3) is 5.91 Å². The first-order valence-electron chi connectivity index (χ1n) is 11.2. The molecule has 0 aliphatic carbocycles. The molecular formula is C26H23N5O2S. The molecule has 5 rings (SSSR count). The molecule has 0 unspecified atom stereocenters. The highest BCUT2D eigenvalue weighted by Crippen LogP contribution is 2.35. The number of thiazole rings is 1. The monoisotopic (exact) mass is 469 g/mol. The Morgan fingerprint density at radius 2 is 1.97 bits per heavy atom. The average molecular weight is 470 g/mol. The number of nitriles is 1. The van der Waals surface area contributed by atoms with E-state index in [4.69, 9.17) is 5.26 Å². The molecule has 8 heteroatoms. The van der Waals surface area contributed by atoms with E-state index < -0.39 is 0 Å². The number of Topliss-reactive ketones (excluding diaryl/α,β-unsaturated/α-hetero) is 1. The number of aryl methyl sites for hydroxylation is 1. The van der Waals surface area contributed by atoms with E-state index in [1.165, 1.54) is 29.2 Å². The van der Waals surface area contributed by atoms with Gasteiger partial charge in [0, 0.05) is 55.2 Å². The molecule has 0 radical (unpaired) electrons. The molecule has 34 heavy (non-hydrogen) atoms. The molecule has 1 fully saturated rings. The minimum absolute atomic E-state index is 0.00694. The van der Waals surface area contributed by atoms with Crippen molar-refractivity contribution in [1.82, 2.24) is 19.4 Å². The number of ketones is 1. The van der Waals surface area contributed by atoms with Crippen LogP contribution in [0.2, 0.25) is 0 Å². The Morgan fingerprint density at radius 1 is 1.15 bits per heavy atom. The first-order valence-corrected chi connectivity index (χ1v) is 12.1. The number of likely N-dealkylation sites (tertiary alicyclic amines) is 1. The van der Waals surface area contributed by atoms with Crippen LogP contribution in [0, 0.1) is 11.3 Å². The van der Waals surface area contributed by atoms with Crippen molar-refractivity contribution in [3.05, 3.63) is 81.7 Å². The van der Waals surface area contributed by atoms with Gasteiger partial charge in [-0.1, -0.05) is 6.07 Å². The van der Waals surface area contributed by atoms with Crippen LogP contribution >= 0.6 is 11.3 Å². The van der Waals surface area contributed by atoms with Crippen molar-refractivity contribution >= 4 is 33.9 Å².